The lowest BCUT2D eigenvalue weighted by atomic mass is 10.00. The average Bonchev–Trinajstić information content (AvgIpc) is 2.98. The van der Waals surface area contributed by atoms with Crippen molar-refractivity contribution in [3.63, 3.8) is 0 Å². The Kier molecular flexibility index (Phi) is 5.60. The van der Waals surface area contributed by atoms with Crippen LogP contribution in [-0.2, 0) is 0 Å². The van der Waals surface area contributed by atoms with Gasteiger partial charge in [0, 0.05) is 24.7 Å². The van der Waals surface area contributed by atoms with E-state index < -0.39 is 0 Å². The van der Waals surface area contributed by atoms with E-state index in [9.17, 15) is 4.79 Å². The van der Waals surface area contributed by atoms with E-state index >= 15 is 0 Å². The summed E-state index contributed by atoms with van der Waals surface area (Å²) in [4.78, 5) is 11.9. The highest BCUT2D eigenvalue weighted by atomic mass is 16.1. The number of rotatable bonds is 6. The fraction of sp³-hybridized carbons (Fsp3) is 0.588. The van der Waals surface area contributed by atoms with Crippen molar-refractivity contribution in [2.24, 2.45) is 5.92 Å². The quantitative estimate of drug-likeness (QED) is 0.783. The van der Waals surface area contributed by atoms with E-state index in [0.717, 1.165) is 18.0 Å². The third-order valence-electron chi connectivity index (χ3n) is 4.30. The first-order valence-electron chi connectivity index (χ1n) is 7.75. The Morgan fingerprint density at radius 3 is 2.50 bits per heavy atom. The molecule has 20 heavy (non-hydrogen) atoms. The Morgan fingerprint density at radius 1 is 1.20 bits per heavy atom. The van der Waals surface area contributed by atoms with Crippen LogP contribution in [0.4, 0.5) is 0 Å². The van der Waals surface area contributed by atoms with Gasteiger partial charge in [-0.2, -0.15) is 0 Å². The van der Waals surface area contributed by atoms with Crippen LogP contribution in [0.25, 0.3) is 0 Å². The van der Waals surface area contributed by atoms with Crippen molar-refractivity contribution >= 4 is 5.91 Å². The summed E-state index contributed by atoms with van der Waals surface area (Å²) in [5.74, 6) is 0.836. The summed E-state index contributed by atoms with van der Waals surface area (Å²) in [6.07, 6.45) is 5.45. The largest absolute Gasteiger partial charge is 0.351 e. The molecule has 1 amide bonds. The van der Waals surface area contributed by atoms with Crippen molar-refractivity contribution in [3.05, 3.63) is 35.4 Å². The molecule has 2 N–H and O–H groups in total. The zero-order chi connectivity index (χ0) is 14.4. The number of benzene rings is 1. The Bertz CT molecular complexity index is 421. The molecule has 2 rings (SSSR count). The molecule has 1 aliphatic carbocycles. The molecule has 1 aliphatic rings. The molecule has 0 aliphatic heterocycles. The number of carbonyl (C=O) groups is 1. The first-order chi connectivity index (χ1) is 9.66. The van der Waals surface area contributed by atoms with Gasteiger partial charge >= 0.3 is 0 Å². The van der Waals surface area contributed by atoms with Crippen LogP contribution in [0.1, 0.15) is 48.5 Å². The first-order valence-corrected chi connectivity index (χ1v) is 7.75. The van der Waals surface area contributed by atoms with Crippen LogP contribution in [0.3, 0.4) is 0 Å². The maximum atomic E-state index is 11.9. The van der Waals surface area contributed by atoms with Crippen LogP contribution >= 0.6 is 0 Å². The maximum absolute atomic E-state index is 11.9. The third kappa shape index (κ3) is 4.34. The molecule has 0 spiro atoms. The summed E-state index contributed by atoms with van der Waals surface area (Å²) in [6, 6.07) is 8.25. The van der Waals surface area contributed by atoms with Gasteiger partial charge in [0.25, 0.3) is 5.91 Å². The normalized spacial score (nSPS) is 17.1. The second-order valence-corrected chi connectivity index (χ2v) is 5.91. The lowest BCUT2D eigenvalue weighted by Crippen LogP contribution is -2.38. The van der Waals surface area contributed by atoms with Crippen LogP contribution < -0.4 is 10.6 Å². The molecule has 1 atom stereocenters. The summed E-state index contributed by atoms with van der Waals surface area (Å²) >= 11 is 0. The van der Waals surface area contributed by atoms with Gasteiger partial charge in [0.05, 0.1) is 0 Å². The summed E-state index contributed by atoms with van der Waals surface area (Å²) in [5.41, 5.74) is 1.91. The van der Waals surface area contributed by atoms with Gasteiger partial charge in [0.2, 0.25) is 0 Å². The number of aryl methyl sites for hydroxylation is 1. The highest BCUT2D eigenvalue weighted by Gasteiger charge is 2.20. The van der Waals surface area contributed by atoms with Gasteiger partial charge in [0.15, 0.2) is 0 Å². The van der Waals surface area contributed by atoms with E-state index in [1.165, 1.54) is 31.2 Å². The van der Waals surface area contributed by atoms with Crippen LogP contribution in [0.5, 0.6) is 0 Å². The molecule has 0 aromatic heterocycles. The molecule has 0 saturated heterocycles. The van der Waals surface area contributed by atoms with Gasteiger partial charge < -0.3 is 10.6 Å². The van der Waals surface area contributed by atoms with Crippen LogP contribution in [-0.4, -0.2) is 25.0 Å². The number of nitrogens with one attached hydrogen (secondary N) is 2. The highest BCUT2D eigenvalue weighted by molar-refractivity contribution is 5.94. The standard InChI is InChI=1S/C17H26N2O/c1-13-7-9-16(10-8-13)17(20)19-12-11-18-14(2)15-5-3-4-6-15/h7-10,14-15,18H,3-6,11-12H2,1-2H3,(H,19,20). The van der Waals surface area contributed by atoms with E-state index in [4.69, 9.17) is 0 Å². The smallest absolute Gasteiger partial charge is 0.251 e. The Hall–Kier alpha value is -1.35. The lowest BCUT2D eigenvalue weighted by Gasteiger charge is -2.20. The third-order valence-corrected chi connectivity index (χ3v) is 4.30. The maximum Gasteiger partial charge on any atom is 0.251 e. The molecule has 1 unspecified atom stereocenters. The molecule has 1 saturated carbocycles. The summed E-state index contributed by atoms with van der Waals surface area (Å²) in [7, 11) is 0. The Balaban J connectivity index is 1.65. The zero-order valence-corrected chi connectivity index (χ0v) is 12.6. The van der Waals surface area contributed by atoms with Gasteiger partial charge in [-0.15, -0.1) is 0 Å². The number of hydrogen-bond donors (Lipinski definition) is 2. The van der Waals surface area contributed by atoms with Gasteiger partial charge in [-0.25, -0.2) is 0 Å². The van der Waals surface area contributed by atoms with Crippen LogP contribution in [0, 0.1) is 12.8 Å². The van der Waals surface area contributed by atoms with Gasteiger partial charge in [-0.3, -0.25) is 4.79 Å². The minimum atomic E-state index is 0.0142. The molecule has 0 bridgehead atoms. The second kappa shape index (κ2) is 7.44. The van der Waals surface area contributed by atoms with E-state index in [0.29, 0.717) is 12.6 Å². The predicted molar refractivity (Wildman–Crippen MR) is 82.9 cm³/mol. The van der Waals surface area contributed by atoms with Crippen molar-refractivity contribution in [1.29, 1.82) is 0 Å². The van der Waals surface area contributed by atoms with E-state index in [1.807, 2.05) is 31.2 Å². The Labute approximate surface area is 122 Å². The molecule has 1 fully saturated rings. The molecule has 1 aromatic carbocycles. The second-order valence-electron chi connectivity index (χ2n) is 5.91. The topological polar surface area (TPSA) is 41.1 Å². The van der Waals surface area contributed by atoms with Crippen molar-refractivity contribution in [2.75, 3.05) is 13.1 Å². The summed E-state index contributed by atoms with van der Waals surface area (Å²) in [6.45, 7) is 5.81. The molecule has 0 heterocycles. The van der Waals surface area contributed by atoms with Crippen molar-refractivity contribution in [2.45, 2.75) is 45.6 Å². The minimum absolute atomic E-state index is 0.0142. The fourth-order valence-electron chi connectivity index (χ4n) is 2.91. The molecule has 3 heteroatoms. The first kappa shape index (κ1) is 15.0. The molecule has 1 aromatic rings. The highest BCUT2D eigenvalue weighted by Crippen LogP contribution is 2.27. The minimum Gasteiger partial charge on any atom is -0.351 e. The fourth-order valence-corrected chi connectivity index (χ4v) is 2.91. The summed E-state index contributed by atoms with van der Waals surface area (Å²) < 4.78 is 0. The van der Waals surface area contributed by atoms with Gasteiger partial charge in [-0.1, -0.05) is 30.5 Å². The Morgan fingerprint density at radius 2 is 1.85 bits per heavy atom. The monoisotopic (exact) mass is 274 g/mol. The van der Waals surface area contributed by atoms with Crippen LogP contribution in [0.15, 0.2) is 24.3 Å². The zero-order valence-electron chi connectivity index (χ0n) is 12.6. The lowest BCUT2D eigenvalue weighted by molar-refractivity contribution is 0.0953. The SMILES string of the molecule is Cc1ccc(C(=O)NCCNC(C)C2CCCC2)cc1. The van der Waals surface area contributed by atoms with Crippen LogP contribution in [0.2, 0.25) is 0 Å². The van der Waals surface area contributed by atoms with E-state index in [2.05, 4.69) is 17.6 Å². The molecular formula is C17H26N2O. The average molecular weight is 274 g/mol. The number of hydrogen-bond acceptors (Lipinski definition) is 2. The molecule has 110 valence electrons. The molecular weight excluding hydrogens is 248 g/mol. The summed E-state index contributed by atoms with van der Waals surface area (Å²) in [5, 5.41) is 6.49. The molecule has 0 radical (unpaired) electrons. The van der Waals surface area contributed by atoms with E-state index in [1.54, 1.807) is 0 Å². The number of amides is 1. The van der Waals surface area contributed by atoms with Crippen molar-refractivity contribution in [3.8, 4) is 0 Å². The molecule has 3 nitrogen and oxygen atoms in total. The van der Waals surface area contributed by atoms with E-state index in [-0.39, 0.29) is 5.91 Å². The van der Waals surface area contributed by atoms with Gasteiger partial charge in [0.1, 0.15) is 0 Å². The van der Waals surface area contributed by atoms with Crippen molar-refractivity contribution < 1.29 is 4.79 Å². The predicted octanol–water partition coefficient (Wildman–Crippen LogP) is 2.89. The van der Waals surface area contributed by atoms with Gasteiger partial charge in [-0.05, 0) is 44.7 Å². The van der Waals surface area contributed by atoms with Crippen molar-refractivity contribution in [1.82, 2.24) is 10.6 Å². The number of carbonyl (C=O) groups excluding carboxylic acids is 1.